The van der Waals surface area contributed by atoms with Crippen LogP contribution in [0.4, 0.5) is 10.1 Å². The second-order valence-corrected chi connectivity index (χ2v) is 3.67. The fraction of sp³-hybridized carbons (Fsp3) is 0.154. The third-order valence-corrected chi connectivity index (χ3v) is 2.30. The normalized spacial score (nSPS) is 10.1. The third-order valence-electron chi connectivity index (χ3n) is 2.30. The second kappa shape index (κ2) is 4.75. The number of benzene rings is 1. The van der Waals surface area contributed by atoms with E-state index < -0.39 is 0 Å². The first-order valence-corrected chi connectivity index (χ1v) is 5.15. The van der Waals surface area contributed by atoms with Crippen LogP contribution in [0, 0.1) is 12.7 Å². The number of hydrogen-bond acceptors (Lipinski definition) is 2. The molecule has 1 aromatic carbocycles. The van der Waals surface area contributed by atoms with Gasteiger partial charge in [-0.1, -0.05) is 12.1 Å². The van der Waals surface area contributed by atoms with Crippen LogP contribution in [-0.4, -0.2) is 4.98 Å². The Bertz CT molecular complexity index is 466. The van der Waals surface area contributed by atoms with Crippen LogP contribution in [0.25, 0.3) is 0 Å². The van der Waals surface area contributed by atoms with Gasteiger partial charge in [0, 0.05) is 12.2 Å². The predicted octanol–water partition coefficient (Wildman–Crippen LogP) is 3.14. The summed E-state index contributed by atoms with van der Waals surface area (Å²) >= 11 is 0. The Morgan fingerprint density at radius 2 is 2.12 bits per heavy atom. The Kier molecular flexibility index (Phi) is 3.15. The second-order valence-electron chi connectivity index (χ2n) is 3.67. The van der Waals surface area contributed by atoms with Crippen LogP contribution in [0.2, 0.25) is 0 Å². The molecule has 1 aromatic heterocycles. The molecule has 0 fully saturated rings. The zero-order valence-corrected chi connectivity index (χ0v) is 9.07. The number of pyridine rings is 1. The summed E-state index contributed by atoms with van der Waals surface area (Å²) < 4.78 is 12.9. The minimum absolute atomic E-state index is 0.207. The Morgan fingerprint density at radius 3 is 2.81 bits per heavy atom. The van der Waals surface area contributed by atoms with Gasteiger partial charge in [0.25, 0.3) is 0 Å². The van der Waals surface area contributed by atoms with Crippen LogP contribution in [0.1, 0.15) is 11.3 Å². The molecule has 0 aliphatic carbocycles. The molecule has 1 N–H and O–H groups in total. The molecule has 0 unspecified atom stereocenters. The molecule has 2 rings (SSSR count). The number of aromatic nitrogens is 1. The van der Waals surface area contributed by atoms with Crippen LogP contribution >= 0.6 is 0 Å². The molecular formula is C13H13FN2. The monoisotopic (exact) mass is 216 g/mol. The number of anilines is 1. The van der Waals surface area contributed by atoms with Crippen molar-refractivity contribution in [3.63, 3.8) is 0 Å². The minimum atomic E-state index is -0.207. The minimum Gasteiger partial charge on any atom is -0.380 e. The molecule has 0 radical (unpaired) electrons. The van der Waals surface area contributed by atoms with E-state index in [-0.39, 0.29) is 5.82 Å². The molecule has 0 amide bonds. The van der Waals surface area contributed by atoms with Crippen LogP contribution in [0.3, 0.4) is 0 Å². The summed E-state index contributed by atoms with van der Waals surface area (Å²) in [7, 11) is 0. The molecular weight excluding hydrogens is 203 g/mol. The maximum Gasteiger partial charge on any atom is 0.123 e. The maximum absolute atomic E-state index is 12.9. The molecule has 2 aromatic rings. The number of hydrogen-bond donors (Lipinski definition) is 1. The number of nitrogens with zero attached hydrogens (tertiary/aromatic N) is 1. The summed E-state index contributed by atoms with van der Waals surface area (Å²) in [6, 6.07) is 10.5. The van der Waals surface area contributed by atoms with E-state index in [0.29, 0.717) is 6.54 Å². The topological polar surface area (TPSA) is 24.9 Å². The highest BCUT2D eigenvalue weighted by Crippen LogP contribution is 2.09. The lowest BCUT2D eigenvalue weighted by atomic mass is 10.2. The highest BCUT2D eigenvalue weighted by atomic mass is 19.1. The molecule has 0 spiro atoms. The van der Waals surface area contributed by atoms with Crippen molar-refractivity contribution in [1.29, 1.82) is 0 Å². The van der Waals surface area contributed by atoms with E-state index in [2.05, 4.69) is 10.3 Å². The molecule has 16 heavy (non-hydrogen) atoms. The van der Waals surface area contributed by atoms with Crippen molar-refractivity contribution in [2.75, 3.05) is 5.32 Å². The van der Waals surface area contributed by atoms with Gasteiger partial charge in [0.1, 0.15) is 5.82 Å². The van der Waals surface area contributed by atoms with Gasteiger partial charge in [-0.15, -0.1) is 0 Å². The van der Waals surface area contributed by atoms with E-state index in [9.17, 15) is 4.39 Å². The van der Waals surface area contributed by atoms with Gasteiger partial charge in [0.2, 0.25) is 0 Å². The van der Waals surface area contributed by atoms with E-state index in [1.54, 1.807) is 12.3 Å². The first kappa shape index (κ1) is 10.6. The lowest BCUT2D eigenvalue weighted by Gasteiger charge is -2.06. The lowest BCUT2D eigenvalue weighted by molar-refractivity contribution is 0.626. The summed E-state index contributed by atoms with van der Waals surface area (Å²) in [6.45, 7) is 2.54. The van der Waals surface area contributed by atoms with E-state index in [0.717, 1.165) is 16.9 Å². The summed E-state index contributed by atoms with van der Waals surface area (Å²) in [5.41, 5.74) is 2.84. The first-order valence-electron chi connectivity index (χ1n) is 5.15. The van der Waals surface area contributed by atoms with Gasteiger partial charge in [-0.05, 0) is 36.8 Å². The van der Waals surface area contributed by atoms with E-state index in [4.69, 9.17) is 0 Å². The zero-order valence-electron chi connectivity index (χ0n) is 9.07. The molecule has 0 saturated heterocycles. The van der Waals surface area contributed by atoms with Gasteiger partial charge in [0.05, 0.1) is 11.9 Å². The van der Waals surface area contributed by atoms with Crippen molar-refractivity contribution in [3.05, 3.63) is 59.7 Å². The van der Waals surface area contributed by atoms with Crippen LogP contribution in [0.5, 0.6) is 0 Å². The van der Waals surface area contributed by atoms with Gasteiger partial charge in [-0.2, -0.15) is 0 Å². The van der Waals surface area contributed by atoms with Gasteiger partial charge in [-0.3, -0.25) is 4.98 Å². The average molecular weight is 216 g/mol. The molecule has 1 heterocycles. The molecule has 3 heteroatoms. The molecule has 2 nitrogen and oxygen atoms in total. The van der Waals surface area contributed by atoms with E-state index >= 15 is 0 Å². The van der Waals surface area contributed by atoms with Crippen molar-refractivity contribution in [2.24, 2.45) is 0 Å². The Hall–Kier alpha value is -1.90. The number of aryl methyl sites for hydroxylation is 1. The summed E-state index contributed by atoms with van der Waals surface area (Å²) in [4.78, 5) is 4.17. The fourth-order valence-electron chi connectivity index (χ4n) is 1.42. The molecule has 82 valence electrons. The van der Waals surface area contributed by atoms with E-state index in [1.165, 1.54) is 12.1 Å². The van der Waals surface area contributed by atoms with Gasteiger partial charge < -0.3 is 5.32 Å². The summed E-state index contributed by atoms with van der Waals surface area (Å²) in [6.07, 6.45) is 1.77. The van der Waals surface area contributed by atoms with Crippen LogP contribution in [0.15, 0.2) is 42.6 Å². The zero-order chi connectivity index (χ0) is 11.4. The quantitative estimate of drug-likeness (QED) is 0.852. The van der Waals surface area contributed by atoms with Crippen molar-refractivity contribution in [3.8, 4) is 0 Å². The largest absolute Gasteiger partial charge is 0.380 e. The van der Waals surface area contributed by atoms with Gasteiger partial charge >= 0.3 is 0 Å². The van der Waals surface area contributed by atoms with Crippen molar-refractivity contribution in [1.82, 2.24) is 4.98 Å². The average Bonchev–Trinajstić information content (AvgIpc) is 2.28. The number of nitrogens with one attached hydrogen (secondary N) is 1. The third kappa shape index (κ3) is 2.79. The standard InChI is InChI=1S/C13H13FN2/c1-10-5-6-13(9-15-10)16-8-11-3-2-4-12(14)7-11/h2-7,9,16H,8H2,1H3. The Morgan fingerprint density at radius 1 is 1.25 bits per heavy atom. The molecule has 0 aliphatic rings. The van der Waals surface area contributed by atoms with E-state index in [1.807, 2.05) is 25.1 Å². The van der Waals surface area contributed by atoms with Crippen molar-refractivity contribution < 1.29 is 4.39 Å². The van der Waals surface area contributed by atoms with Crippen LogP contribution < -0.4 is 5.32 Å². The first-order chi connectivity index (χ1) is 7.74. The molecule has 0 saturated carbocycles. The lowest BCUT2D eigenvalue weighted by Crippen LogP contribution is -2.00. The SMILES string of the molecule is Cc1ccc(NCc2cccc(F)c2)cn1. The number of rotatable bonds is 3. The number of halogens is 1. The highest BCUT2D eigenvalue weighted by Gasteiger charge is 1.96. The fourth-order valence-corrected chi connectivity index (χ4v) is 1.42. The predicted molar refractivity (Wildman–Crippen MR) is 62.7 cm³/mol. The highest BCUT2D eigenvalue weighted by molar-refractivity contribution is 5.41. The maximum atomic E-state index is 12.9. The van der Waals surface area contributed by atoms with Crippen molar-refractivity contribution in [2.45, 2.75) is 13.5 Å². The molecule has 0 bridgehead atoms. The smallest absolute Gasteiger partial charge is 0.123 e. The van der Waals surface area contributed by atoms with Crippen molar-refractivity contribution >= 4 is 5.69 Å². The van der Waals surface area contributed by atoms with Crippen LogP contribution in [-0.2, 0) is 6.54 Å². The summed E-state index contributed by atoms with van der Waals surface area (Å²) in [5, 5.41) is 3.19. The molecule has 0 atom stereocenters. The van der Waals surface area contributed by atoms with Gasteiger partial charge in [0.15, 0.2) is 0 Å². The summed E-state index contributed by atoms with van der Waals surface area (Å²) in [5.74, 6) is -0.207. The van der Waals surface area contributed by atoms with Gasteiger partial charge in [-0.25, -0.2) is 4.39 Å². The Balaban J connectivity index is 1.99. The molecule has 0 aliphatic heterocycles. The Labute approximate surface area is 94.2 Å².